The van der Waals surface area contributed by atoms with E-state index in [1.165, 1.54) is 5.56 Å². The zero-order chi connectivity index (χ0) is 23.1. The predicted molar refractivity (Wildman–Crippen MR) is 124 cm³/mol. The summed E-state index contributed by atoms with van der Waals surface area (Å²) in [7, 11) is 1.64. The number of aryl methyl sites for hydroxylation is 1. The molecule has 2 aliphatic heterocycles. The number of aromatic nitrogens is 2. The van der Waals surface area contributed by atoms with Gasteiger partial charge in [-0.1, -0.05) is 18.2 Å². The van der Waals surface area contributed by atoms with E-state index in [4.69, 9.17) is 14.6 Å². The number of nitrogens with zero attached hydrogens (tertiary/aromatic N) is 3. The van der Waals surface area contributed by atoms with Crippen LogP contribution in [-0.2, 0) is 11.2 Å². The molecular weight excluding hydrogens is 424 g/mol. The number of halogens is 2. The second-order valence-electron chi connectivity index (χ2n) is 9.29. The second-order valence-corrected chi connectivity index (χ2v) is 9.29. The van der Waals surface area contributed by atoms with E-state index in [1.807, 2.05) is 47.7 Å². The van der Waals surface area contributed by atoms with Crippen molar-refractivity contribution in [3.63, 3.8) is 0 Å². The quantitative estimate of drug-likeness (QED) is 0.498. The largest absolute Gasteiger partial charge is 0.496 e. The van der Waals surface area contributed by atoms with Crippen LogP contribution in [-0.4, -0.2) is 47.4 Å². The molecule has 0 amide bonds. The molecule has 2 aliphatic rings. The molecule has 176 valence electrons. The minimum Gasteiger partial charge on any atom is -0.496 e. The maximum atomic E-state index is 13.7. The molecule has 1 saturated heterocycles. The zero-order valence-corrected chi connectivity index (χ0v) is 19.4. The molecule has 5 rings (SSSR count). The molecule has 0 saturated carbocycles. The number of fused-ring (bicyclic) bond motifs is 3. The molecule has 0 radical (unpaired) electrons. The highest BCUT2D eigenvalue weighted by Gasteiger charge is 2.37. The fraction of sp³-hybridized carbons (Fsp3) is 0.500. The van der Waals surface area contributed by atoms with Crippen LogP contribution in [0.3, 0.4) is 0 Å². The van der Waals surface area contributed by atoms with Gasteiger partial charge in [0.05, 0.1) is 25.2 Å². The van der Waals surface area contributed by atoms with E-state index in [0.29, 0.717) is 6.42 Å². The fourth-order valence-electron chi connectivity index (χ4n) is 5.43. The van der Waals surface area contributed by atoms with Crippen molar-refractivity contribution in [2.24, 2.45) is 0 Å². The zero-order valence-electron chi connectivity index (χ0n) is 19.4. The maximum absolute atomic E-state index is 13.7. The summed E-state index contributed by atoms with van der Waals surface area (Å²) in [6.07, 6.45) is 3.51. The number of rotatable bonds is 5. The highest BCUT2D eigenvalue weighted by atomic mass is 19.3. The second kappa shape index (κ2) is 9.03. The van der Waals surface area contributed by atoms with Gasteiger partial charge in [0.2, 0.25) is 0 Å². The molecule has 0 aliphatic carbocycles. The van der Waals surface area contributed by atoms with Crippen LogP contribution in [0.2, 0.25) is 0 Å². The lowest BCUT2D eigenvalue weighted by atomic mass is 9.83. The minimum atomic E-state index is -2.41. The van der Waals surface area contributed by atoms with Gasteiger partial charge < -0.3 is 9.47 Å². The Kier molecular flexibility index (Phi) is 6.10. The summed E-state index contributed by atoms with van der Waals surface area (Å²) < 4.78 is 40.9. The number of hydrogen-bond acceptors (Lipinski definition) is 4. The van der Waals surface area contributed by atoms with Crippen molar-refractivity contribution in [3.8, 4) is 5.75 Å². The highest BCUT2D eigenvalue weighted by Crippen LogP contribution is 2.44. The van der Waals surface area contributed by atoms with E-state index < -0.39 is 6.43 Å². The molecule has 0 spiro atoms. The van der Waals surface area contributed by atoms with Gasteiger partial charge in [-0.25, -0.2) is 13.5 Å². The van der Waals surface area contributed by atoms with Gasteiger partial charge in [0.25, 0.3) is 6.43 Å². The van der Waals surface area contributed by atoms with Crippen molar-refractivity contribution in [1.29, 1.82) is 0 Å². The normalized spacial score (nSPS) is 23.8. The van der Waals surface area contributed by atoms with E-state index in [9.17, 15) is 8.78 Å². The molecule has 2 aromatic carbocycles. The Morgan fingerprint density at radius 1 is 1.18 bits per heavy atom. The molecule has 3 aromatic rings. The van der Waals surface area contributed by atoms with Crippen LogP contribution in [0.1, 0.15) is 60.7 Å². The van der Waals surface area contributed by atoms with Gasteiger partial charge in [0.15, 0.2) is 0 Å². The summed E-state index contributed by atoms with van der Waals surface area (Å²) in [5, 5.41) is 5.90. The Labute approximate surface area is 193 Å². The third-order valence-electron chi connectivity index (χ3n) is 7.03. The number of hydrogen-bond donors (Lipinski definition) is 0. The van der Waals surface area contributed by atoms with Crippen molar-refractivity contribution < 1.29 is 18.3 Å². The molecule has 3 heterocycles. The van der Waals surface area contributed by atoms with Crippen molar-refractivity contribution in [3.05, 3.63) is 58.8 Å². The summed E-state index contributed by atoms with van der Waals surface area (Å²) in [6, 6.07) is 9.72. The van der Waals surface area contributed by atoms with Gasteiger partial charge in [-0.05, 0) is 68.4 Å². The highest BCUT2D eigenvalue weighted by molar-refractivity contribution is 5.84. The molecule has 1 unspecified atom stereocenters. The van der Waals surface area contributed by atoms with E-state index in [0.717, 1.165) is 59.2 Å². The molecule has 1 aromatic heterocycles. The lowest BCUT2D eigenvalue weighted by Crippen LogP contribution is -2.45. The average Bonchev–Trinajstić information content (AvgIpc) is 3.25. The van der Waals surface area contributed by atoms with Crippen LogP contribution in [0.4, 0.5) is 8.78 Å². The number of alkyl halides is 2. The van der Waals surface area contributed by atoms with Crippen LogP contribution >= 0.6 is 0 Å². The Bertz CT molecular complexity index is 1140. The van der Waals surface area contributed by atoms with Crippen LogP contribution in [0.25, 0.3) is 10.9 Å². The van der Waals surface area contributed by atoms with E-state index >= 15 is 0 Å². The van der Waals surface area contributed by atoms with Crippen molar-refractivity contribution in [1.82, 2.24) is 14.7 Å². The SMILES string of the molecule is COc1cc(C)ccc1[C@@H]1c2ccc3nn(C4CCCCO4)cc3c2C[C@@H](C)N1CC(F)F. The maximum Gasteiger partial charge on any atom is 0.251 e. The van der Waals surface area contributed by atoms with Gasteiger partial charge in [0, 0.05) is 29.8 Å². The summed E-state index contributed by atoms with van der Waals surface area (Å²) >= 11 is 0. The van der Waals surface area contributed by atoms with E-state index in [1.54, 1.807) is 7.11 Å². The topological polar surface area (TPSA) is 39.5 Å². The van der Waals surface area contributed by atoms with Crippen molar-refractivity contribution in [2.45, 2.75) is 64.3 Å². The molecule has 7 heteroatoms. The third-order valence-corrected chi connectivity index (χ3v) is 7.03. The Morgan fingerprint density at radius 2 is 2.00 bits per heavy atom. The minimum absolute atomic E-state index is 0.0360. The monoisotopic (exact) mass is 455 g/mol. The molecule has 33 heavy (non-hydrogen) atoms. The van der Waals surface area contributed by atoms with Gasteiger partial charge in [-0.3, -0.25) is 4.90 Å². The van der Waals surface area contributed by atoms with Crippen LogP contribution < -0.4 is 4.74 Å². The summed E-state index contributed by atoms with van der Waals surface area (Å²) in [6.45, 7) is 4.52. The first-order valence-electron chi connectivity index (χ1n) is 11.8. The molecule has 0 bridgehead atoms. The molecular formula is C26H31F2N3O2. The summed E-state index contributed by atoms with van der Waals surface area (Å²) in [5.41, 5.74) is 5.14. The molecule has 5 nitrogen and oxygen atoms in total. The average molecular weight is 456 g/mol. The number of methoxy groups -OCH3 is 1. The van der Waals surface area contributed by atoms with Crippen LogP contribution in [0.15, 0.2) is 36.5 Å². The van der Waals surface area contributed by atoms with Gasteiger partial charge in [0.1, 0.15) is 12.0 Å². The van der Waals surface area contributed by atoms with Gasteiger partial charge in [-0.2, -0.15) is 5.10 Å². The third kappa shape index (κ3) is 4.13. The standard InChI is InChI=1S/C26H31F2N3O2/c1-16-7-8-19(23(12-16)32-3)26-18-9-10-22-21(14-31(29-22)25-6-4-5-11-33-25)20(18)13-17(2)30(26)15-24(27)28/h7-10,12,14,17,24-26H,4-6,11,13,15H2,1-3H3/t17-,25?,26+/m1/s1. The van der Waals surface area contributed by atoms with Gasteiger partial charge in [-0.15, -0.1) is 0 Å². The predicted octanol–water partition coefficient (Wildman–Crippen LogP) is 5.65. The Balaban J connectivity index is 1.65. The smallest absolute Gasteiger partial charge is 0.251 e. The summed E-state index contributed by atoms with van der Waals surface area (Å²) in [4.78, 5) is 1.92. The fourth-order valence-corrected chi connectivity index (χ4v) is 5.43. The van der Waals surface area contributed by atoms with Gasteiger partial charge >= 0.3 is 0 Å². The van der Waals surface area contributed by atoms with Crippen LogP contribution in [0, 0.1) is 6.92 Å². The van der Waals surface area contributed by atoms with E-state index in [2.05, 4.69) is 12.3 Å². The first-order valence-corrected chi connectivity index (χ1v) is 11.8. The number of ether oxygens (including phenoxy) is 2. The first-order chi connectivity index (χ1) is 16.0. The first kappa shape index (κ1) is 22.3. The Morgan fingerprint density at radius 3 is 2.73 bits per heavy atom. The van der Waals surface area contributed by atoms with E-state index in [-0.39, 0.29) is 24.9 Å². The molecule has 1 fully saturated rings. The summed E-state index contributed by atoms with van der Waals surface area (Å²) in [5.74, 6) is 0.728. The number of benzene rings is 2. The lowest BCUT2D eigenvalue weighted by Gasteiger charge is -2.42. The Hall–Kier alpha value is -2.51. The van der Waals surface area contributed by atoms with Crippen LogP contribution in [0.5, 0.6) is 5.75 Å². The molecule has 0 N–H and O–H groups in total. The lowest BCUT2D eigenvalue weighted by molar-refractivity contribution is -0.0390. The van der Waals surface area contributed by atoms with Crippen molar-refractivity contribution >= 4 is 10.9 Å². The molecule has 3 atom stereocenters. The van der Waals surface area contributed by atoms with Crippen molar-refractivity contribution in [2.75, 3.05) is 20.3 Å².